The topological polar surface area (TPSA) is 66.9 Å². The summed E-state index contributed by atoms with van der Waals surface area (Å²) in [6, 6.07) is 2.53. The Hall–Kier alpha value is -0.730. The number of carbonyl (C=O) groups is 1. The highest BCUT2D eigenvalue weighted by Gasteiger charge is 2.32. The number of rotatable bonds is 3. The van der Waals surface area contributed by atoms with E-state index in [1.54, 1.807) is 6.92 Å². The molecule has 0 atom stereocenters. The van der Waals surface area contributed by atoms with Crippen LogP contribution < -0.4 is 0 Å². The minimum absolute atomic E-state index is 0.00669. The van der Waals surface area contributed by atoms with E-state index >= 15 is 0 Å². The number of halogens is 3. The molecule has 0 radical (unpaired) electrons. The molecular formula is C13H15Cl3N2O4S. The summed E-state index contributed by atoms with van der Waals surface area (Å²) in [4.78, 5) is 13.0. The number of benzene rings is 1. The SMILES string of the molecule is CCOC(=O)N1CCN(S(=O)(=O)c2cc(Cl)c(Cl)cc2Cl)CC1. The number of piperazine rings is 1. The Kier molecular flexibility index (Phi) is 6.02. The number of sulfonamides is 1. The smallest absolute Gasteiger partial charge is 0.409 e. The lowest BCUT2D eigenvalue weighted by molar-refractivity contribution is 0.0934. The number of carbonyl (C=O) groups excluding carboxylic acids is 1. The molecule has 0 spiro atoms. The van der Waals surface area contributed by atoms with Crippen molar-refractivity contribution in [1.29, 1.82) is 0 Å². The van der Waals surface area contributed by atoms with Crippen molar-refractivity contribution < 1.29 is 17.9 Å². The maximum atomic E-state index is 12.7. The van der Waals surface area contributed by atoms with Gasteiger partial charge in [-0.3, -0.25) is 0 Å². The molecule has 128 valence electrons. The lowest BCUT2D eigenvalue weighted by Gasteiger charge is -2.33. The summed E-state index contributed by atoms with van der Waals surface area (Å²) in [5.41, 5.74) is 0. The second-order valence-electron chi connectivity index (χ2n) is 4.79. The van der Waals surface area contributed by atoms with E-state index in [1.807, 2.05) is 0 Å². The Bertz CT molecular complexity index is 703. The first kappa shape index (κ1) is 18.6. The van der Waals surface area contributed by atoms with E-state index in [2.05, 4.69) is 0 Å². The van der Waals surface area contributed by atoms with Gasteiger partial charge >= 0.3 is 6.09 Å². The van der Waals surface area contributed by atoms with Crippen LogP contribution >= 0.6 is 34.8 Å². The van der Waals surface area contributed by atoms with Crippen molar-refractivity contribution in [2.75, 3.05) is 32.8 Å². The predicted molar refractivity (Wildman–Crippen MR) is 88.8 cm³/mol. The third kappa shape index (κ3) is 4.03. The van der Waals surface area contributed by atoms with Gasteiger partial charge in [0, 0.05) is 26.2 Å². The third-order valence-corrected chi connectivity index (χ3v) is 6.44. The molecule has 0 bridgehead atoms. The van der Waals surface area contributed by atoms with Gasteiger partial charge in [-0.1, -0.05) is 34.8 Å². The van der Waals surface area contributed by atoms with Crippen LogP contribution in [0.3, 0.4) is 0 Å². The Morgan fingerprint density at radius 2 is 1.65 bits per heavy atom. The average Bonchev–Trinajstić information content (AvgIpc) is 2.51. The fraction of sp³-hybridized carbons (Fsp3) is 0.462. The van der Waals surface area contributed by atoms with E-state index in [4.69, 9.17) is 39.5 Å². The maximum absolute atomic E-state index is 12.7. The molecule has 0 saturated carbocycles. The van der Waals surface area contributed by atoms with Crippen LogP contribution in [-0.2, 0) is 14.8 Å². The predicted octanol–water partition coefficient (Wildman–Crippen LogP) is 3.11. The maximum Gasteiger partial charge on any atom is 0.409 e. The molecule has 0 unspecified atom stereocenters. The second kappa shape index (κ2) is 7.44. The highest BCUT2D eigenvalue weighted by Crippen LogP contribution is 2.33. The number of nitrogens with zero attached hydrogens (tertiary/aromatic N) is 2. The first-order valence-corrected chi connectivity index (χ1v) is 9.41. The quantitative estimate of drug-likeness (QED) is 0.730. The van der Waals surface area contributed by atoms with Gasteiger partial charge in [0.05, 0.1) is 21.7 Å². The number of hydrogen-bond donors (Lipinski definition) is 0. The van der Waals surface area contributed by atoms with Gasteiger partial charge < -0.3 is 9.64 Å². The summed E-state index contributed by atoms with van der Waals surface area (Å²) >= 11 is 17.7. The van der Waals surface area contributed by atoms with Gasteiger partial charge in [-0.15, -0.1) is 0 Å². The first-order chi connectivity index (χ1) is 10.8. The van der Waals surface area contributed by atoms with Crippen LogP contribution in [0.1, 0.15) is 6.92 Å². The van der Waals surface area contributed by atoms with Gasteiger partial charge in [0.25, 0.3) is 0 Å². The molecule has 6 nitrogen and oxygen atoms in total. The van der Waals surface area contributed by atoms with Crippen LogP contribution in [0, 0.1) is 0 Å². The van der Waals surface area contributed by atoms with Crippen LogP contribution in [0.4, 0.5) is 4.79 Å². The van der Waals surface area contributed by atoms with E-state index in [1.165, 1.54) is 21.3 Å². The summed E-state index contributed by atoms with van der Waals surface area (Å²) in [5, 5.41) is 0.301. The molecule has 2 rings (SSSR count). The Balaban J connectivity index is 2.17. The van der Waals surface area contributed by atoms with Crippen molar-refractivity contribution in [3.63, 3.8) is 0 Å². The van der Waals surface area contributed by atoms with Crippen molar-refractivity contribution in [3.05, 3.63) is 27.2 Å². The van der Waals surface area contributed by atoms with Gasteiger partial charge in [0.15, 0.2) is 0 Å². The minimum atomic E-state index is -3.81. The van der Waals surface area contributed by atoms with Crippen molar-refractivity contribution in [1.82, 2.24) is 9.21 Å². The molecule has 1 saturated heterocycles. The van der Waals surface area contributed by atoms with Crippen molar-refractivity contribution >= 4 is 50.9 Å². The first-order valence-electron chi connectivity index (χ1n) is 6.83. The molecular weight excluding hydrogens is 387 g/mol. The molecule has 23 heavy (non-hydrogen) atoms. The molecule has 0 aromatic heterocycles. The molecule has 1 aromatic carbocycles. The van der Waals surface area contributed by atoms with Crippen LogP contribution in [0.2, 0.25) is 15.1 Å². The fourth-order valence-electron chi connectivity index (χ4n) is 2.17. The molecule has 1 aromatic rings. The molecule has 1 amide bonds. The Morgan fingerprint density at radius 1 is 1.09 bits per heavy atom. The summed E-state index contributed by atoms with van der Waals surface area (Å²) in [6.07, 6.45) is -0.447. The highest BCUT2D eigenvalue weighted by molar-refractivity contribution is 7.89. The van der Waals surface area contributed by atoms with Crippen molar-refractivity contribution in [2.24, 2.45) is 0 Å². The molecule has 0 aliphatic carbocycles. The average molecular weight is 402 g/mol. The number of hydrogen-bond acceptors (Lipinski definition) is 4. The summed E-state index contributed by atoms with van der Waals surface area (Å²) in [6.45, 7) is 2.78. The lowest BCUT2D eigenvalue weighted by atomic mass is 10.4. The zero-order valence-electron chi connectivity index (χ0n) is 12.3. The normalized spacial score (nSPS) is 16.4. The molecule has 1 aliphatic heterocycles. The van der Waals surface area contributed by atoms with Crippen molar-refractivity contribution in [3.8, 4) is 0 Å². The van der Waals surface area contributed by atoms with Crippen LogP contribution in [0.15, 0.2) is 17.0 Å². The van der Waals surface area contributed by atoms with E-state index in [9.17, 15) is 13.2 Å². The molecule has 1 fully saturated rings. The molecule has 1 aliphatic rings. The monoisotopic (exact) mass is 400 g/mol. The zero-order valence-corrected chi connectivity index (χ0v) is 15.3. The van der Waals surface area contributed by atoms with Crippen LogP contribution in [-0.4, -0.2) is 56.5 Å². The van der Waals surface area contributed by atoms with Crippen molar-refractivity contribution in [2.45, 2.75) is 11.8 Å². The van der Waals surface area contributed by atoms with Gasteiger partial charge in [-0.25, -0.2) is 13.2 Å². The van der Waals surface area contributed by atoms with E-state index < -0.39 is 16.1 Å². The zero-order chi connectivity index (χ0) is 17.2. The highest BCUT2D eigenvalue weighted by atomic mass is 35.5. The molecule has 1 heterocycles. The number of ether oxygens (including phenoxy) is 1. The largest absolute Gasteiger partial charge is 0.450 e. The second-order valence-corrected chi connectivity index (χ2v) is 7.91. The minimum Gasteiger partial charge on any atom is -0.450 e. The fourth-order valence-corrected chi connectivity index (χ4v) is 4.57. The third-order valence-electron chi connectivity index (χ3n) is 3.36. The van der Waals surface area contributed by atoms with Crippen LogP contribution in [0.25, 0.3) is 0 Å². The number of amides is 1. The van der Waals surface area contributed by atoms with E-state index in [-0.39, 0.29) is 52.7 Å². The summed E-state index contributed by atoms with van der Waals surface area (Å²) in [7, 11) is -3.81. The summed E-state index contributed by atoms with van der Waals surface area (Å²) < 4.78 is 31.5. The standard InChI is InChI=1S/C13H15Cl3N2O4S/c1-2-22-13(19)17-3-5-18(6-4-17)23(20,21)12-8-10(15)9(14)7-11(12)16/h7-8H,2-6H2,1H3. The summed E-state index contributed by atoms with van der Waals surface area (Å²) in [5.74, 6) is 0. The molecule has 0 N–H and O–H groups in total. The van der Waals surface area contributed by atoms with Gasteiger partial charge in [-0.2, -0.15) is 4.31 Å². The van der Waals surface area contributed by atoms with E-state index in [0.717, 1.165) is 0 Å². The van der Waals surface area contributed by atoms with Gasteiger partial charge in [-0.05, 0) is 19.1 Å². The van der Waals surface area contributed by atoms with Crippen LogP contribution in [0.5, 0.6) is 0 Å². The van der Waals surface area contributed by atoms with Gasteiger partial charge in [0.2, 0.25) is 10.0 Å². The van der Waals surface area contributed by atoms with Gasteiger partial charge in [0.1, 0.15) is 4.90 Å². The van der Waals surface area contributed by atoms with E-state index in [0.29, 0.717) is 0 Å². The molecule has 10 heteroatoms. The Morgan fingerprint density at radius 3 is 2.22 bits per heavy atom. The Labute approximate surface area is 149 Å². The lowest BCUT2D eigenvalue weighted by Crippen LogP contribution is -2.50.